The number of nitrogens with one attached hydrogen (secondary N) is 2. The molecule has 1 aromatic heterocycles. The van der Waals surface area contributed by atoms with Gasteiger partial charge in [0.25, 0.3) is 5.91 Å². The minimum Gasteiger partial charge on any atom is -0.364 e. The number of nitrogens with zero attached hydrogens (tertiary/aromatic N) is 2. The maximum Gasteiger partial charge on any atom is 0.269 e. The Hall–Kier alpha value is -2.67. The molecule has 1 atom stereocenters. The van der Waals surface area contributed by atoms with Crippen LogP contribution in [0.3, 0.4) is 0 Å². The van der Waals surface area contributed by atoms with Crippen molar-refractivity contribution in [2.24, 2.45) is 5.73 Å². The van der Waals surface area contributed by atoms with Crippen LogP contribution in [0.5, 0.6) is 0 Å². The summed E-state index contributed by atoms with van der Waals surface area (Å²) in [5.41, 5.74) is 7.79. The number of anilines is 1. The third kappa shape index (κ3) is 2.27. The van der Waals surface area contributed by atoms with Gasteiger partial charge in [0.05, 0.1) is 5.69 Å². The molecule has 0 saturated heterocycles. The van der Waals surface area contributed by atoms with E-state index in [9.17, 15) is 9.59 Å². The molecule has 1 aliphatic rings. The first kappa shape index (κ1) is 13.3. The lowest BCUT2D eigenvalue weighted by Gasteiger charge is -2.09. The molecule has 3 rings (SSSR count). The molecule has 1 unspecified atom stereocenters. The number of rotatable bonds is 4. The minimum absolute atomic E-state index is 0.0673. The number of likely N-dealkylation sites (N-methyl/N-ethyl adjacent to an activating group) is 1. The Bertz CT molecular complexity index is 722. The van der Waals surface area contributed by atoms with Crippen LogP contribution in [-0.2, 0) is 4.79 Å². The van der Waals surface area contributed by atoms with Gasteiger partial charge >= 0.3 is 0 Å². The van der Waals surface area contributed by atoms with Gasteiger partial charge < -0.3 is 16.4 Å². The second-order valence-corrected chi connectivity index (χ2v) is 4.76. The molecule has 2 amide bonds. The second kappa shape index (κ2) is 5.02. The van der Waals surface area contributed by atoms with Crippen molar-refractivity contribution in [2.45, 2.75) is 13.0 Å². The molecule has 1 aromatic carbocycles. The van der Waals surface area contributed by atoms with E-state index in [1.807, 2.05) is 25.1 Å². The maximum absolute atomic E-state index is 11.9. The van der Waals surface area contributed by atoms with Crippen LogP contribution < -0.4 is 16.4 Å². The normalized spacial score (nSPS) is 16.6. The topological polar surface area (TPSA) is 102 Å². The number of hydrogen-bond acceptors (Lipinski definition) is 4. The summed E-state index contributed by atoms with van der Waals surface area (Å²) >= 11 is 0. The van der Waals surface area contributed by atoms with E-state index in [1.54, 1.807) is 16.9 Å². The van der Waals surface area contributed by atoms with Gasteiger partial charge in [0.2, 0.25) is 5.91 Å². The average Bonchev–Trinajstić information content (AvgIpc) is 3.04. The summed E-state index contributed by atoms with van der Waals surface area (Å²) in [6.07, 6.45) is 1.65. The van der Waals surface area contributed by atoms with Crippen molar-refractivity contribution in [3.8, 4) is 5.69 Å². The van der Waals surface area contributed by atoms with Gasteiger partial charge in [0.1, 0.15) is 11.7 Å². The smallest absolute Gasteiger partial charge is 0.269 e. The van der Waals surface area contributed by atoms with Crippen molar-refractivity contribution in [3.05, 3.63) is 41.7 Å². The second-order valence-electron chi connectivity index (χ2n) is 4.76. The summed E-state index contributed by atoms with van der Waals surface area (Å²) < 4.78 is 1.55. The van der Waals surface area contributed by atoms with Gasteiger partial charge in [-0.3, -0.25) is 9.59 Å². The Balaban J connectivity index is 1.95. The summed E-state index contributed by atoms with van der Waals surface area (Å²) in [4.78, 5) is 23.0. The van der Waals surface area contributed by atoms with Crippen LogP contribution >= 0.6 is 0 Å². The quantitative estimate of drug-likeness (QED) is 0.764. The van der Waals surface area contributed by atoms with Crippen LogP contribution in [0, 0.1) is 0 Å². The van der Waals surface area contributed by atoms with Gasteiger partial charge in [-0.15, -0.1) is 0 Å². The number of amides is 2. The largest absolute Gasteiger partial charge is 0.364 e. The lowest BCUT2D eigenvalue weighted by Crippen LogP contribution is -2.27. The Morgan fingerprint density at radius 1 is 1.48 bits per heavy atom. The number of benzene rings is 1. The first-order valence-electron chi connectivity index (χ1n) is 6.64. The van der Waals surface area contributed by atoms with Crippen LogP contribution in [0.25, 0.3) is 5.69 Å². The number of nitrogens with two attached hydrogens (primary N) is 1. The first-order valence-corrected chi connectivity index (χ1v) is 6.64. The van der Waals surface area contributed by atoms with Crippen molar-refractivity contribution >= 4 is 17.5 Å². The molecule has 0 saturated carbocycles. The van der Waals surface area contributed by atoms with Gasteiger partial charge in [-0.2, -0.15) is 5.10 Å². The molecular weight excluding hydrogens is 270 g/mol. The van der Waals surface area contributed by atoms with Gasteiger partial charge in [0, 0.05) is 17.4 Å². The highest BCUT2D eigenvalue weighted by atomic mass is 16.2. The number of fused-ring (bicyclic) bond motifs is 1. The molecule has 108 valence electrons. The van der Waals surface area contributed by atoms with E-state index in [-0.39, 0.29) is 17.6 Å². The molecule has 0 spiro atoms. The third-order valence-corrected chi connectivity index (χ3v) is 3.38. The highest BCUT2D eigenvalue weighted by molar-refractivity contribution is 6.02. The van der Waals surface area contributed by atoms with E-state index < -0.39 is 5.91 Å². The Kier molecular flexibility index (Phi) is 3.19. The zero-order valence-corrected chi connectivity index (χ0v) is 11.5. The fourth-order valence-corrected chi connectivity index (χ4v) is 2.40. The third-order valence-electron chi connectivity index (χ3n) is 3.38. The van der Waals surface area contributed by atoms with Gasteiger partial charge in [-0.1, -0.05) is 13.0 Å². The molecule has 0 aliphatic carbocycles. The zero-order chi connectivity index (χ0) is 15.0. The van der Waals surface area contributed by atoms with Crippen molar-refractivity contribution < 1.29 is 9.59 Å². The molecule has 2 heterocycles. The van der Waals surface area contributed by atoms with Crippen LogP contribution in [0.1, 0.15) is 29.0 Å². The molecule has 0 bridgehead atoms. The predicted octanol–water partition coefficient (Wildman–Crippen LogP) is 0.574. The maximum atomic E-state index is 11.9. The van der Waals surface area contributed by atoms with E-state index in [4.69, 9.17) is 5.73 Å². The number of hydrogen-bond donors (Lipinski definition) is 3. The SMILES string of the molecule is CCNC1C(=O)Nc2cc(-n3ccc(C(N)=O)n3)ccc21. The van der Waals surface area contributed by atoms with E-state index in [0.717, 1.165) is 16.9 Å². The van der Waals surface area contributed by atoms with Crippen LogP contribution in [0.2, 0.25) is 0 Å². The number of carbonyl (C=O) groups is 2. The minimum atomic E-state index is -0.574. The molecule has 21 heavy (non-hydrogen) atoms. The van der Waals surface area contributed by atoms with Crippen LogP contribution in [0.15, 0.2) is 30.5 Å². The van der Waals surface area contributed by atoms with Crippen LogP contribution in [-0.4, -0.2) is 28.1 Å². The summed E-state index contributed by atoms with van der Waals surface area (Å²) in [5, 5.41) is 10.1. The van der Waals surface area contributed by atoms with Crippen molar-refractivity contribution in [2.75, 3.05) is 11.9 Å². The summed E-state index contributed by atoms with van der Waals surface area (Å²) in [6, 6.07) is 6.78. The first-order chi connectivity index (χ1) is 10.1. The predicted molar refractivity (Wildman–Crippen MR) is 77.1 cm³/mol. The van der Waals surface area contributed by atoms with Gasteiger partial charge in [-0.25, -0.2) is 4.68 Å². The van der Waals surface area contributed by atoms with Crippen molar-refractivity contribution in [1.82, 2.24) is 15.1 Å². The number of aromatic nitrogens is 2. The van der Waals surface area contributed by atoms with Crippen molar-refractivity contribution in [3.63, 3.8) is 0 Å². The molecular formula is C14H15N5O2. The molecule has 2 aromatic rings. The molecule has 0 fully saturated rings. The molecule has 7 nitrogen and oxygen atoms in total. The molecule has 7 heteroatoms. The zero-order valence-electron chi connectivity index (χ0n) is 11.5. The molecule has 1 aliphatic heterocycles. The van der Waals surface area contributed by atoms with E-state index >= 15 is 0 Å². The van der Waals surface area contributed by atoms with Crippen LogP contribution in [0.4, 0.5) is 5.69 Å². The van der Waals surface area contributed by atoms with E-state index in [1.165, 1.54) is 0 Å². The average molecular weight is 285 g/mol. The fraction of sp³-hybridized carbons (Fsp3) is 0.214. The standard InChI is InChI=1S/C14H15N5O2/c1-2-16-12-9-4-3-8(7-11(9)17-14(12)21)19-6-5-10(18-19)13(15)20/h3-7,12,16H,2H2,1H3,(H2,15,20)(H,17,21). The lowest BCUT2D eigenvalue weighted by atomic mass is 10.1. The highest BCUT2D eigenvalue weighted by Crippen LogP contribution is 2.32. The van der Waals surface area contributed by atoms with Crippen molar-refractivity contribution in [1.29, 1.82) is 0 Å². The Morgan fingerprint density at radius 2 is 2.29 bits per heavy atom. The molecule has 0 radical (unpaired) electrons. The van der Waals surface area contributed by atoms with E-state index in [0.29, 0.717) is 6.54 Å². The molecule has 4 N–H and O–H groups in total. The summed E-state index contributed by atoms with van der Waals surface area (Å²) in [5.74, 6) is -0.641. The lowest BCUT2D eigenvalue weighted by molar-refractivity contribution is -0.117. The Labute approximate surface area is 121 Å². The fourth-order valence-electron chi connectivity index (χ4n) is 2.40. The van der Waals surface area contributed by atoms with E-state index in [2.05, 4.69) is 15.7 Å². The van der Waals surface area contributed by atoms with Gasteiger partial charge in [-0.05, 0) is 24.7 Å². The number of carbonyl (C=O) groups excluding carboxylic acids is 2. The summed E-state index contributed by atoms with van der Waals surface area (Å²) in [7, 11) is 0. The van der Waals surface area contributed by atoms with Gasteiger partial charge in [0.15, 0.2) is 0 Å². The number of primary amides is 1. The highest BCUT2D eigenvalue weighted by Gasteiger charge is 2.29. The summed E-state index contributed by atoms with van der Waals surface area (Å²) in [6.45, 7) is 2.66. The Morgan fingerprint density at radius 3 is 2.95 bits per heavy atom. The monoisotopic (exact) mass is 285 g/mol.